The number of halogens is 1. The van der Waals surface area contributed by atoms with Crippen molar-refractivity contribution in [1.82, 2.24) is 0 Å². The number of hydrogen-bond donors (Lipinski definition) is 2. The van der Waals surface area contributed by atoms with E-state index in [-0.39, 0.29) is 5.78 Å². The fourth-order valence-corrected chi connectivity index (χ4v) is 3.88. The number of ketones is 1. The van der Waals surface area contributed by atoms with E-state index < -0.39 is 6.17 Å². The summed E-state index contributed by atoms with van der Waals surface area (Å²) in [5, 5.41) is 11.5. The molecule has 1 aromatic carbocycles. The van der Waals surface area contributed by atoms with Gasteiger partial charge in [-0.25, -0.2) is 5.06 Å². The highest BCUT2D eigenvalue weighted by atomic mass is 35.5. The molecule has 1 aliphatic carbocycles. The Bertz CT molecular complexity index is 624. The maximum absolute atomic E-state index is 12.7. The second-order valence-electron chi connectivity index (χ2n) is 6.52. The van der Waals surface area contributed by atoms with Crippen molar-refractivity contribution in [1.29, 1.82) is 0 Å². The second kappa shape index (κ2) is 7.04. The van der Waals surface area contributed by atoms with E-state index >= 15 is 0 Å². The molecule has 3 N–H and O–H groups in total. The summed E-state index contributed by atoms with van der Waals surface area (Å²) in [6.07, 6.45) is 10.6. The Morgan fingerprint density at radius 2 is 2.04 bits per heavy atom. The van der Waals surface area contributed by atoms with Gasteiger partial charge in [-0.3, -0.25) is 10.0 Å². The quantitative estimate of drug-likeness (QED) is 0.801. The van der Waals surface area contributed by atoms with Crippen molar-refractivity contribution in [2.45, 2.75) is 51.1 Å². The van der Waals surface area contributed by atoms with Gasteiger partial charge >= 0.3 is 0 Å². The number of carbonyl (C=O) groups is 1. The van der Waals surface area contributed by atoms with E-state index in [0.717, 1.165) is 11.5 Å². The minimum absolute atomic E-state index is 0.0472. The molecule has 23 heavy (non-hydrogen) atoms. The number of fused-ring (bicyclic) bond motifs is 1. The summed E-state index contributed by atoms with van der Waals surface area (Å²) in [6.45, 7) is 0. The number of hydroxylamine groups is 1. The number of benzene rings is 1. The van der Waals surface area contributed by atoms with Gasteiger partial charge in [0.2, 0.25) is 0 Å². The highest BCUT2D eigenvalue weighted by Gasteiger charge is 2.25. The third-order valence-corrected chi connectivity index (χ3v) is 5.26. The number of carbonyl (C=O) groups excluding carboxylic acids is 1. The summed E-state index contributed by atoms with van der Waals surface area (Å²) in [5.74, 6) is 0.704. The Balaban J connectivity index is 1.79. The number of rotatable bonds is 4. The lowest BCUT2D eigenvalue weighted by atomic mass is 9.84. The Hall–Kier alpha value is -1.36. The van der Waals surface area contributed by atoms with Gasteiger partial charge in [0.25, 0.3) is 0 Å². The topological polar surface area (TPSA) is 66.6 Å². The monoisotopic (exact) mass is 334 g/mol. The minimum Gasteiger partial charge on any atom is -0.306 e. The summed E-state index contributed by atoms with van der Waals surface area (Å²) in [7, 11) is 0. The molecule has 0 saturated heterocycles. The van der Waals surface area contributed by atoms with Gasteiger partial charge in [0.15, 0.2) is 5.78 Å². The summed E-state index contributed by atoms with van der Waals surface area (Å²) in [6, 6.07) is 3.35. The molecule has 2 aliphatic rings. The fourth-order valence-electron chi connectivity index (χ4n) is 3.61. The Labute approximate surface area is 141 Å². The van der Waals surface area contributed by atoms with Crippen LogP contribution in [0.1, 0.15) is 60.9 Å². The summed E-state index contributed by atoms with van der Waals surface area (Å²) in [5.41, 5.74) is 7.48. The molecular formula is C18H23ClN2O2. The van der Waals surface area contributed by atoms with Gasteiger partial charge in [-0.05, 0) is 30.5 Å². The first-order chi connectivity index (χ1) is 11.1. The van der Waals surface area contributed by atoms with Crippen LogP contribution in [0.15, 0.2) is 18.2 Å². The lowest BCUT2D eigenvalue weighted by molar-refractivity contribution is 0.0970. The van der Waals surface area contributed by atoms with Crippen molar-refractivity contribution in [2.75, 3.05) is 5.06 Å². The zero-order valence-electron chi connectivity index (χ0n) is 13.2. The zero-order chi connectivity index (χ0) is 16.4. The van der Waals surface area contributed by atoms with Crippen molar-refractivity contribution in [3.05, 3.63) is 34.4 Å². The van der Waals surface area contributed by atoms with Crippen LogP contribution in [0.2, 0.25) is 5.02 Å². The van der Waals surface area contributed by atoms with Gasteiger partial charge in [-0.1, -0.05) is 49.8 Å². The van der Waals surface area contributed by atoms with Crippen LogP contribution in [0.25, 0.3) is 6.08 Å². The molecule has 124 valence electrons. The zero-order valence-corrected chi connectivity index (χ0v) is 13.9. The van der Waals surface area contributed by atoms with E-state index in [1.165, 1.54) is 32.1 Å². The molecule has 1 atom stereocenters. The Morgan fingerprint density at radius 3 is 2.78 bits per heavy atom. The highest BCUT2D eigenvalue weighted by molar-refractivity contribution is 6.34. The van der Waals surface area contributed by atoms with Crippen molar-refractivity contribution >= 4 is 29.1 Å². The molecule has 0 radical (unpaired) electrons. The largest absolute Gasteiger partial charge is 0.306 e. The molecule has 1 aromatic rings. The van der Waals surface area contributed by atoms with Crippen molar-refractivity contribution < 1.29 is 10.0 Å². The lowest BCUT2D eigenvalue weighted by Gasteiger charge is -2.28. The van der Waals surface area contributed by atoms with Crippen LogP contribution in [-0.4, -0.2) is 17.2 Å². The normalized spacial score (nSPS) is 21.3. The molecular weight excluding hydrogens is 312 g/mol. The number of anilines is 1. The predicted octanol–water partition coefficient (Wildman–Crippen LogP) is 4.39. The third-order valence-electron chi connectivity index (χ3n) is 4.94. The molecule has 0 aromatic heterocycles. The SMILES string of the molecule is NC1C=Cc2c(ccc(Cl)c2C(=O)CCC2CCCCC2)N1O. The van der Waals surface area contributed by atoms with Gasteiger partial charge < -0.3 is 5.73 Å². The smallest absolute Gasteiger partial charge is 0.165 e. The first kappa shape index (κ1) is 16.5. The van der Waals surface area contributed by atoms with Gasteiger partial charge in [0.05, 0.1) is 10.7 Å². The average Bonchev–Trinajstić information content (AvgIpc) is 2.57. The van der Waals surface area contributed by atoms with E-state index in [1.54, 1.807) is 24.3 Å². The van der Waals surface area contributed by atoms with Gasteiger partial charge in [-0.15, -0.1) is 0 Å². The van der Waals surface area contributed by atoms with Crippen molar-refractivity contribution in [3.63, 3.8) is 0 Å². The molecule has 3 rings (SSSR count). The van der Waals surface area contributed by atoms with Crippen LogP contribution in [0.4, 0.5) is 5.69 Å². The van der Waals surface area contributed by atoms with Crippen LogP contribution in [0.5, 0.6) is 0 Å². The highest BCUT2D eigenvalue weighted by Crippen LogP contribution is 2.35. The number of nitrogens with zero attached hydrogens (tertiary/aromatic N) is 1. The molecule has 4 nitrogen and oxygen atoms in total. The first-order valence-corrected chi connectivity index (χ1v) is 8.73. The van der Waals surface area contributed by atoms with Crippen LogP contribution in [-0.2, 0) is 0 Å². The standard InChI is InChI=1S/C18H23ClN2O2/c19-14-8-9-15-13(7-11-17(20)21(15)23)18(14)16(22)10-6-12-4-2-1-3-5-12/h7-9,11-12,17,23H,1-6,10,20H2. The average molecular weight is 335 g/mol. The maximum atomic E-state index is 12.7. The third kappa shape index (κ3) is 3.44. The number of Topliss-reactive ketones (excluding diaryl/α,β-unsaturated/α-hetero) is 1. The molecule has 1 fully saturated rings. The van der Waals surface area contributed by atoms with Crippen LogP contribution < -0.4 is 10.8 Å². The minimum atomic E-state index is -0.603. The molecule has 1 unspecified atom stereocenters. The first-order valence-electron chi connectivity index (χ1n) is 8.35. The molecule has 1 heterocycles. The lowest BCUT2D eigenvalue weighted by Crippen LogP contribution is -2.40. The number of nitrogens with two attached hydrogens (primary N) is 1. The summed E-state index contributed by atoms with van der Waals surface area (Å²) < 4.78 is 0. The molecule has 5 heteroatoms. The molecule has 0 spiro atoms. The van der Waals surface area contributed by atoms with Crippen LogP contribution >= 0.6 is 11.6 Å². The van der Waals surface area contributed by atoms with E-state index in [2.05, 4.69) is 0 Å². The molecule has 1 saturated carbocycles. The maximum Gasteiger partial charge on any atom is 0.165 e. The van der Waals surface area contributed by atoms with E-state index in [0.29, 0.717) is 34.2 Å². The number of hydrogen-bond acceptors (Lipinski definition) is 4. The molecule has 1 aliphatic heterocycles. The summed E-state index contributed by atoms with van der Waals surface area (Å²) >= 11 is 6.28. The van der Waals surface area contributed by atoms with E-state index in [1.807, 2.05) is 0 Å². The van der Waals surface area contributed by atoms with Gasteiger partial charge in [0.1, 0.15) is 6.17 Å². The van der Waals surface area contributed by atoms with Gasteiger partial charge in [0, 0.05) is 17.5 Å². The van der Waals surface area contributed by atoms with Crippen molar-refractivity contribution in [3.8, 4) is 0 Å². The molecule has 0 bridgehead atoms. The Morgan fingerprint density at radius 1 is 1.30 bits per heavy atom. The summed E-state index contributed by atoms with van der Waals surface area (Å²) in [4.78, 5) is 12.7. The predicted molar refractivity (Wildman–Crippen MR) is 92.9 cm³/mol. The van der Waals surface area contributed by atoms with E-state index in [9.17, 15) is 10.0 Å². The van der Waals surface area contributed by atoms with Crippen LogP contribution in [0, 0.1) is 5.92 Å². The molecule has 0 amide bonds. The van der Waals surface area contributed by atoms with Crippen molar-refractivity contribution in [2.24, 2.45) is 11.7 Å². The Kier molecular flexibility index (Phi) is 5.05. The van der Waals surface area contributed by atoms with Gasteiger partial charge in [-0.2, -0.15) is 0 Å². The fraction of sp³-hybridized carbons (Fsp3) is 0.500. The van der Waals surface area contributed by atoms with Crippen LogP contribution in [0.3, 0.4) is 0 Å². The van der Waals surface area contributed by atoms with E-state index in [4.69, 9.17) is 17.3 Å². The second-order valence-corrected chi connectivity index (χ2v) is 6.92.